The molecule has 3 heteroatoms. The second-order valence-electron chi connectivity index (χ2n) is 7.30. The Kier molecular flexibility index (Phi) is 2.73. The van der Waals surface area contributed by atoms with Crippen LogP contribution in [0.4, 0.5) is 5.82 Å². The molecular weight excluding hydrogens is 246 g/mol. The second-order valence-corrected chi connectivity index (χ2v) is 7.30. The van der Waals surface area contributed by atoms with E-state index >= 15 is 0 Å². The highest BCUT2D eigenvalue weighted by atomic mass is 15.1. The van der Waals surface area contributed by atoms with Crippen LogP contribution in [-0.4, -0.2) is 9.55 Å². The fourth-order valence-electron chi connectivity index (χ4n) is 5.53. The fourth-order valence-corrected chi connectivity index (χ4v) is 5.53. The first-order chi connectivity index (χ1) is 9.67. The summed E-state index contributed by atoms with van der Waals surface area (Å²) < 4.78 is 2.22. The van der Waals surface area contributed by atoms with E-state index in [-0.39, 0.29) is 0 Å². The third-order valence-electron chi connectivity index (χ3n) is 6.06. The summed E-state index contributed by atoms with van der Waals surface area (Å²) in [6.45, 7) is 6.71. The number of aromatic nitrogens is 2. The Morgan fingerprint density at radius 3 is 2.35 bits per heavy atom. The van der Waals surface area contributed by atoms with Crippen LogP contribution in [0.3, 0.4) is 0 Å². The van der Waals surface area contributed by atoms with Crippen LogP contribution in [0, 0.1) is 30.6 Å². The first-order valence-electron chi connectivity index (χ1n) is 8.10. The number of imidazole rings is 1. The number of allylic oxidation sites excluding steroid dienone is 1. The predicted molar refractivity (Wildman–Crippen MR) is 81.4 cm³/mol. The minimum atomic E-state index is 0.652. The summed E-state index contributed by atoms with van der Waals surface area (Å²) in [4.78, 5) is 4.87. The van der Waals surface area contributed by atoms with Gasteiger partial charge < -0.3 is 10.3 Å². The Morgan fingerprint density at radius 2 is 1.80 bits per heavy atom. The minimum absolute atomic E-state index is 0.652. The van der Waals surface area contributed by atoms with Crippen LogP contribution < -0.4 is 5.73 Å². The maximum atomic E-state index is 6.24. The van der Waals surface area contributed by atoms with Gasteiger partial charge in [-0.3, -0.25) is 0 Å². The number of hydrogen-bond acceptors (Lipinski definition) is 2. The molecule has 1 aromatic rings. The van der Waals surface area contributed by atoms with Crippen LogP contribution >= 0.6 is 0 Å². The Labute approximate surface area is 121 Å². The van der Waals surface area contributed by atoms with Gasteiger partial charge in [-0.15, -0.1) is 6.58 Å². The third kappa shape index (κ3) is 1.68. The smallest absolute Gasteiger partial charge is 0.126 e. The van der Waals surface area contributed by atoms with Crippen molar-refractivity contribution >= 4 is 5.82 Å². The molecule has 0 amide bonds. The van der Waals surface area contributed by atoms with Crippen LogP contribution in [0.5, 0.6) is 0 Å². The zero-order chi connectivity index (χ0) is 13.9. The largest absolute Gasteiger partial charge is 0.384 e. The van der Waals surface area contributed by atoms with Crippen molar-refractivity contribution in [1.82, 2.24) is 9.55 Å². The molecule has 20 heavy (non-hydrogen) atoms. The van der Waals surface area contributed by atoms with Gasteiger partial charge in [0.15, 0.2) is 0 Å². The summed E-state index contributed by atoms with van der Waals surface area (Å²) in [6, 6.07) is 0. The molecular formula is C17H25N3. The first-order valence-corrected chi connectivity index (χ1v) is 8.10. The number of hydrogen-bond donors (Lipinski definition) is 1. The van der Waals surface area contributed by atoms with Gasteiger partial charge in [-0.1, -0.05) is 6.08 Å². The summed E-state index contributed by atoms with van der Waals surface area (Å²) in [7, 11) is 0. The average molecular weight is 271 g/mol. The molecule has 5 rings (SSSR count). The molecule has 0 aromatic carbocycles. The molecule has 0 spiro atoms. The van der Waals surface area contributed by atoms with Gasteiger partial charge >= 0.3 is 0 Å². The molecule has 4 aliphatic carbocycles. The van der Waals surface area contributed by atoms with E-state index in [4.69, 9.17) is 10.7 Å². The van der Waals surface area contributed by atoms with Gasteiger partial charge in [0.25, 0.3) is 0 Å². The van der Waals surface area contributed by atoms with E-state index in [9.17, 15) is 0 Å². The van der Waals surface area contributed by atoms with E-state index in [1.807, 2.05) is 13.0 Å². The van der Waals surface area contributed by atoms with Crippen molar-refractivity contribution in [1.29, 1.82) is 0 Å². The minimum Gasteiger partial charge on any atom is -0.384 e. The third-order valence-corrected chi connectivity index (χ3v) is 6.06. The van der Waals surface area contributed by atoms with Gasteiger partial charge in [0.2, 0.25) is 0 Å². The Hall–Kier alpha value is -1.25. The molecule has 0 saturated heterocycles. The monoisotopic (exact) mass is 271 g/mol. The van der Waals surface area contributed by atoms with Crippen LogP contribution in [-0.2, 0) is 6.54 Å². The maximum Gasteiger partial charge on any atom is 0.126 e. The summed E-state index contributed by atoms with van der Waals surface area (Å²) in [5.74, 6) is 6.48. The molecule has 0 unspecified atom stereocenters. The number of nitrogens with two attached hydrogens (primary N) is 1. The van der Waals surface area contributed by atoms with Crippen molar-refractivity contribution in [3.63, 3.8) is 0 Å². The molecule has 4 aliphatic rings. The van der Waals surface area contributed by atoms with Crippen molar-refractivity contribution in [2.24, 2.45) is 23.7 Å². The molecule has 0 atom stereocenters. The quantitative estimate of drug-likeness (QED) is 0.855. The molecule has 2 N–H and O–H groups in total. The van der Waals surface area contributed by atoms with Crippen molar-refractivity contribution < 1.29 is 0 Å². The number of anilines is 1. The van der Waals surface area contributed by atoms with Gasteiger partial charge in [0.1, 0.15) is 11.6 Å². The Bertz CT molecular complexity index is 515. The molecule has 1 heterocycles. The summed E-state index contributed by atoms with van der Waals surface area (Å²) >= 11 is 0. The van der Waals surface area contributed by atoms with Crippen molar-refractivity contribution in [3.05, 3.63) is 24.2 Å². The van der Waals surface area contributed by atoms with Gasteiger partial charge in [-0.25, -0.2) is 4.98 Å². The van der Waals surface area contributed by atoms with Gasteiger partial charge in [-0.2, -0.15) is 0 Å². The second kappa shape index (κ2) is 4.37. The summed E-state index contributed by atoms with van der Waals surface area (Å²) in [6.07, 6.45) is 9.16. The highest BCUT2D eigenvalue weighted by Crippen LogP contribution is 2.59. The maximum absolute atomic E-state index is 6.24. The molecule has 3 nitrogen and oxygen atoms in total. The molecule has 0 radical (unpaired) electrons. The lowest BCUT2D eigenvalue weighted by molar-refractivity contribution is -0.00658. The van der Waals surface area contributed by atoms with Crippen LogP contribution in [0.2, 0.25) is 0 Å². The molecule has 4 saturated carbocycles. The SMILES string of the molecule is C=CCn1c(C2C3CC4CC(C3)CC2C4)nc(C)c1N. The van der Waals surface area contributed by atoms with E-state index < -0.39 is 0 Å². The Balaban J connectivity index is 1.74. The zero-order valence-corrected chi connectivity index (χ0v) is 12.4. The van der Waals surface area contributed by atoms with Gasteiger partial charge in [0, 0.05) is 12.5 Å². The van der Waals surface area contributed by atoms with Gasteiger partial charge in [0.05, 0.1) is 5.69 Å². The topological polar surface area (TPSA) is 43.8 Å². The number of aryl methyl sites for hydroxylation is 1. The Morgan fingerprint density at radius 1 is 1.20 bits per heavy atom. The van der Waals surface area contributed by atoms with Crippen molar-refractivity contribution in [2.45, 2.75) is 51.5 Å². The summed E-state index contributed by atoms with van der Waals surface area (Å²) in [5, 5.41) is 0. The van der Waals surface area contributed by atoms with Crippen LogP contribution in [0.15, 0.2) is 12.7 Å². The normalized spacial score (nSPS) is 38.4. The lowest BCUT2D eigenvalue weighted by atomic mass is 9.51. The average Bonchev–Trinajstić information content (AvgIpc) is 2.66. The van der Waals surface area contributed by atoms with Crippen LogP contribution in [0.1, 0.15) is 49.5 Å². The van der Waals surface area contributed by atoms with E-state index in [0.29, 0.717) is 5.92 Å². The molecule has 0 aliphatic heterocycles. The highest BCUT2D eigenvalue weighted by molar-refractivity contribution is 5.39. The van der Waals surface area contributed by atoms with E-state index in [2.05, 4.69) is 11.1 Å². The van der Waals surface area contributed by atoms with E-state index in [1.54, 1.807) is 0 Å². The van der Waals surface area contributed by atoms with E-state index in [1.165, 1.54) is 37.9 Å². The van der Waals surface area contributed by atoms with Crippen molar-refractivity contribution in [2.75, 3.05) is 5.73 Å². The molecule has 108 valence electrons. The van der Waals surface area contributed by atoms with Crippen LogP contribution in [0.25, 0.3) is 0 Å². The molecule has 4 fully saturated rings. The van der Waals surface area contributed by atoms with E-state index in [0.717, 1.165) is 41.7 Å². The fraction of sp³-hybridized carbons (Fsp3) is 0.706. The van der Waals surface area contributed by atoms with Crippen molar-refractivity contribution in [3.8, 4) is 0 Å². The predicted octanol–water partition coefficient (Wildman–Crippen LogP) is 3.50. The summed E-state index contributed by atoms with van der Waals surface area (Å²) in [5.41, 5.74) is 7.23. The lowest BCUT2D eigenvalue weighted by Gasteiger charge is -2.54. The number of rotatable bonds is 3. The first kappa shape index (κ1) is 12.5. The van der Waals surface area contributed by atoms with Gasteiger partial charge in [-0.05, 0) is 62.7 Å². The lowest BCUT2D eigenvalue weighted by Crippen LogP contribution is -2.44. The molecule has 1 aromatic heterocycles. The number of nitrogen functional groups attached to an aromatic ring is 1. The standard InChI is InChI=1S/C17H25N3/c1-3-4-20-16(18)10(2)19-17(20)15-13-6-11-5-12(8-13)9-14(15)7-11/h3,11-15H,1,4-9,18H2,2H3. The number of nitrogens with zero attached hydrogens (tertiary/aromatic N) is 2. The zero-order valence-electron chi connectivity index (χ0n) is 12.4. The highest BCUT2D eigenvalue weighted by Gasteiger charge is 2.50. The molecule has 4 bridgehead atoms.